The highest BCUT2D eigenvalue weighted by molar-refractivity contribution is 9.10. The maximum atomic E-state index is 12.3. The molecule has 146 valence electrons. The Morgan fingerprint density at radius 2 is 2.03 bits per heavy atom. The number of fused-ring (bicyclic) bond motifs is 1. The molecule has 0 atom stereocenters. The van der Waals surface area contributed by atoms with Crippen LogP contribution in [0.2, 0.25) is 0 Å². The molecule has 0 saturated heterocycles. The van der Waals surface area contributed by atoms with E-state index in [2.05, 4.69) is 41.3 Å². The molecular weight excluding hydrogens is 436 g/mol. The zero-order valence-electron chi connectivity index (χ0n) is 15.8. The number of pyridine rings is 1. The number of amides is 1. The molecule has 1 N–H and O–H groups in total. The van der Waals surface area contributed by atoms with Crippen LogP contribution in [0.1, 0.15) is 17.2 Å². The van der Waals surface area contributed by atoms with E-state index >= 15 is 0 Å². The predicted molar refractivity (Wildman–Crippen MR) is 111 cm³/mol. The van der Waals surface area contributed by atoms with E-state index in [1.165, 1.54) is 6.20 Å². The number of benzene rings is 1. The monoisotopic (exact) mass is 452 g/mol. The molecule has 3 aromatic heterocycles. The first-order valence-corrected chi connectivity index (χ1v) is 9.65. The largest absolute Gasteiger partial charge is 0.439 e. The van der Waals surface area contributed by atoms with Crippen LogP contribution in [0.4, 0.5) is 5.69 Å². The fourth-order valence-corrected chi connectivity index (χ4v) is 3.18. The number of halogens is 1. The van der Waals surface area contributed by atoms with Gasteiger partial charge in [-0.1, -0.05) is 22.0 Å². The highest BCUT2D eigenvalue weighted by Gasteiger charge is 2.12. The van der Waals surface area contributed by atoms with E-state index in [1.807, 2.05) is 44.2 Å². The van der Waals surface area contributed by atoms with Crippen LogP contribution < -0.4 is 10.1 Å². The average Bonchev–Trinajstić information content (AvgIpc) is 3.06. The molecule has 1 aromatic carbocycles. The summed E-state index contributed by atoms with van der Waals surface area (Å²) in [5, 5.41) is 7.13. The Labute approximate surface area is 175 Å². The van der Waals surface area contributed by atoms with Crippen molar-refractivity contribution in [2.75, 3.05) is 5.32 Å². The molecule has 0 aliphatic heterocycles. The lowest BCUT2D eigenvalue weighted by Crippen LogP contribution is -2.15. The Morgan fingerprint density at radius 1 is 1.17 bits per heavy atom. The summed E-state index contributed by atoms with van der Waals surface area (Å²) in [4.78, 5) is 25.2. The van der Waals surface area contributed by atoms with Gasteiger partial charge in [0.2, 0.25) is 11.8 Å². The topological polar surface area (TPSA) is 94.3 Å². The van der Waals surface area contributed by atoms with Crippen molar-refractivity contribution in [3.8, 4) is 11.6 Å². The maximum absolute atomic E-state index is 12.3. The number of carbonyl (C=O) groups is 1. The van der Waals surface area contributed by atoms with Crippen molar-refractivity contribution in [1.82, 2.24) is 24.6 Å². The van der Waals surface area contributed by atoms with Gasteiger partial charge in [-0.15, -0.1) is 5.10 Å². The molecular formula is C20H17BrN6O2. The number of aryl methyl sites for hydroxylation is 2. The molecule has 0 aliphatic rings. The van der Waals surface area contributed by atoms with Crippen LogP contribution in [-0.2, 0) is 11.2 Å². The van der Waals surface area contributed by atoms with Crippen molar-refractivity contribution in [3.05, 3.63) is 70.3 Å². The van der Waals surface area contributed by atoms with Crippen LogP contribution in [0, 0.1) is 13.8 Å². The van der Waals surface area contributed by atoms with Crippen LogP contribution in [0.5, 0.6) is 11.6 Å². The third-order valence-electron chi connectivity index (χ3n) is 4.02. The molecule has 9 heteroatoms. The van der Waals surface area contributed by atoms with E-state index in [-0.39, 0.29) is 12.3 Å². The Balaban J connectivity index is 1.40. The molecule has 8 nitrogen and oxygen atoms in total. The summed E-state index contributed by atoms with van der Waals surface area (Å²) in [7, 11) is 0. The second-order valence-corrected chi connectivity index (χ2v) is 7.36. The first kappa shape index (κ1) is 19.0. The van der Waals surface area contributed by atoms with Crippen LogP contribution in [0.3, 0.4) is 0 Å². The summed E-state index contributed by atoms with van der Waals surface area (Å²) in [6.45, 7) is 3.81. The maximum Gasteiger partial charge on any atom is 0.252 e. The second-order valence-electron chi connectivity index (χ2n) is 6.45. The molecule has 0 fully saturated rings. The molecule has 0 aliphatic carbocycles. The van der Waals surface area contributed by atoms with E-state index in [0.717, 1.165) is 15.9 Å². The molecule has 4 aromatic rings. The van der Waals surface area contributed by atoms with Gasteiger partial charge < -0.3 is 10.1 Å². The number of anilines is 1. The fraction of sp³-hybridized carbons (Fsp3) is 0.150. The van der Waals surface area contributed by atoms with Crippen molar-refractivity contribution in [1.29, 1.82) is 0 Å². The highest BCUT2D eigenvalue weighted by Crippen LogP contribution is 2.23. The van der Waals surface area contributed by atoms with Gasteiger partial charge in [0.05, 0.1) is 18.3 Å². The minimum atomic E-state index is -0.238. The smallest absolute Gasteiger partial charge is 0.252 e. The molecule has 0 unspecified atom stereocenters. The molecule has 0 bridgehead atoms. The Hall–Kier alpha value is -3.33. The normalized spacial score (nSPS) is 10.9. The molecule has 1 amide bonds. The molecule has 4 rings (SSSR count). The van der Waals surface area contributed by atoms with Crippen molar-refractivity contribution >= 4 is 33.3 Å². The second kappa shape index (κ2) is 7.96. The summed E-state index contributed by atoms with van der Waals surface area (Å²) in [5.74, 6) is 1.76. The van der Waals surface area contributed by atoms with Crippen molar-refractivity contribution in [2.24, 2.45) is 0 Å². The van der Waals surface area contributed by atoms with Crippen molar-refractivity contribution in [2.45, 2.75) is 20.3 Å². The zero-order chi connectivity index (χ0) is 20.4. The number of ether oxygens (including phenoxy) is 1. The molecule has 0 saturated carbocycles. The molecule has 29 heavy (non-hydrogen) atoms. The van der Waals surface area contributed by atoms with E-state index in [1.54, 1.807) is 16.6 Å². The van der Waals surface area contributed by atoms with Gasteiger partial charge in [-0.2, -0.15) is 4.98 Å². The van der Waals surface area contributed by atoms with Crippen LogP contribution in [-0.4, -0.2) is 30.5 Å². The predicted octanol–water partition coefficient (Wildman–Crippen LogP) is 3.87. The summed E-state index contributed by atoms with van der Waals surface area (Å²) >= 11 is 3.40. The molecule has 0 spiro atoms. The third-order valence-corrected chi connectivity index (χ3v) is 4.51. The van der Waals surface area contributed by atoms with Gasteiger partial charge in [-0.3, -0.25) is 4.79 Å². The van der Waals surface area contributed by atoms with E-state index in [9.17, 15) is 4.79 Å². The fourth-order valence-electron chi connectivity index (χ4n) is 2.80. The van der Waals surface area contributed by atoms with E-state index < -0.39 is 0 Å². The lowest BCUT2D eigenvalue weighted by atomic mass is 10.3. The van der Waals surface area contributed by atoms with Gasteiger partial charge in [0.15, 0.2) is 5.82 Å². The number of aromatic nitrogens is 5. The minimum absolute atomic E-state index is 0.0398. The first-order chi connectivity index (χ1) is 14.0. The lowest BCUT2D eigenvalue weighted by Gasteiger charge is -2.07. The number of nitrogens with zero attached hydrogens (tertiary/aromatic N) is 5. The Kier molecular flexibility index (Phi) is 5.22. The quantitative estimate of drug-likeness (QED) is 0.493. The summed E-state index contributed by atoms with van der Waals surface area (Å²) < 4.78 is 8.23. The number of nitrogens with one attached hydrogen (secondary N) is 1. The van der Waals surface area contributed by atoms with Gasteiger partial charge in [0.25, 0.3) is 5.78 Å². The Morgan fingerprint density at radius 3 is 2.79 bits per heavy atom. The Bertz CT molecular complexity index is 1190. The minimum Gasteiger partial charge on any atom is -0.439 e. The van der Waals surface area contributed by atoms with E-state index in [0.29, 0.717) is 28.9 Å². The molecule has 3 heterocycles. The average molecular weight is 453 g/mol. The molecule has 0 radical (unpaired) electrons. The van der Waals surface area contributed by atoms with Crippen LogP contribution in [0.25, 0.3) is 5.78 Å². The number of carbonyl (C=O) groups excluding carboxylic acids is 1. The number of hydrogen-bond acceptors (Lipinski definition) is 6. The standard InChI is InChI=1S/C20H17BrN6O2/c1-12-8-13(2)27-20(23-12)25-17(26-27)10-18(28)24-15-6-7-19(22-11-15)29-16-5-3-4-14(21)9-16/h3-9,11H,10H2,1-2H3,(H,24,28). The lowest BCUT2D eigenvalue weighted by molar-refractivity contribution is -0.115. The third kappa shape index (κ3) is 4.57. The van der Waals surface area contributed by atoms with Crippen LogP contribution >= 0.6 is 15.9 Å². The van der Waals surface area contributed by atoms with Crippen molar-refractivity contribution < 1.29 is 9.53 Å². The number of hydrogen-bond donors (Lipinski definition) is 1. The van der Waals surface area contributed by atoms with Crippen molar-refractivity contribution in [3.63, 3.8) is 0 Å². The van der Waals surface area contributed by atoms with Gasteiger partial charge in [0, 0.05) is 21.9 Å². The van der Waals surface area contributed by atoms with Gasteiger partial charge in [-0.05, 0) is 44.2 Å². The number of rotatable bonds is 5. The summed E-state index contributed by atoms with van der Waals surface area (Å²) in [6.07, 6.45) is 1.58. The van der Waals surface area contributed by atoms with Gasteiger partial charge >= 0.3 is 0 Å². The van der Waals surface area contributed by atoms with E-state index in [4.69, 9.17) is 4.74 Å². The summed E-state index contributed by atoms with van der Waals surface area (Å²) in [6, 6.07) is 12.8. The zero-order valence-corrected chi connectivity index (χ0v) is 17.3. The highest BCUT2D eigenvalue weighted by atomic mass is 79.9. The SMILES string of the molecule is Cc1cc(C)n2nc(CC(=O)Nc3ccc(Oc4cccc(Br)c4)nc3)nc2n1. The van der Waals surface area contributed by atoms with Gasteiger partial charge in [0.1, 0.15) is 5.75 Å². The van der Waals surface area contributed by atoms with Crippen LogP contribution in [0.15, 0.2) is 53.1 Å². The first-order valence-electron chi connectivity index (χ1n) is 8.85. The summed E-state index contributed by atoms with van der Waals surface area (Å²) in [5.41, 5.74) is 2.33. The van der Waals surface area contributed by atoms with Gasteiger partial charge in [-0.25, -0.2) is 14.5 Å².